The summed E-state index contributed by atoms with van der Waals surface area (Å²) < 4.78 is 0. The molecule has 3 fully saturated rings. The van der Waals surface area contributed by atoms with Gasteiger partial charge in [0.05, 0.1) is 0 Å². The van der Waals surface area contributed by atoms with E-state index in [-0.39, 0.29) is 0 Å². The topological polar surface area (TPSA) is 24.1 Å². The molecule has 0 aromatic rings. The first-order valence-electron chi connectivity index (χ1n) is 5.89. The highest BCUT2D eigenvalue weighted by atomic mass is 15.2. The van der Waals surface area contributed by atoms with Gasteiger partial charge in [-0.2, -0.15) is 0 Å². The van der Waals surface area contributed by atoms with E-state index in [1.165, 1.54) is 51.5 Å². The zero-order valence-corrected chi connectivity index (χ0v) is 8.31. The number of fused-ring (bicyclic) bond motifs is 1. The third-order valence-electron chi connectivity index (χ3n) is 4.27. The van der Waals surface area contributed by atoms with Crippen LogP contribution in [0.25, 0.3) is 0 Å². The molecule has 2 heteroatoms. The monoisotopic (exact) mass is 180 g/mol. The first-order chi connectivity index (χ1) is 6.38. The number of hydrogen-bond acceptors (Lipinski definition) is 2. The van der Waals surface area contributed by atoms with Crippen molar-refractivity contribution < 1.29 is 0 Å². The van der Waals surface area contributed by atoms with Crippen molar-refractivity contribution in [2.45, 2.75) is 62.6 Å². The van der Waals surface area contributed by atoms with Gasteiger partial charge in [0, 0.05) is 24.2 Å². The van der Waals surface area contributed by atoms with Crippen molar-refractivity contribution in [1.82, 2.24) is 10.6 Å². The molecule has 0 bridgehead atoms. The molecular formula is C11H20N2. The van der Waals surface area contributed by atoms with Gasteiger partial charge < -0.3 is 10.6 Å². The van der Waals surface area contributed by atoms with Crippen LogP contribution in [0.3, 0.4) is 0 Å². The Kier molecular flexibility index (Phi) is 1.88. The van der Waals surface area contributed by atoms with Crippen molar-refractivity contribution in [1.29, 1.82) is 0 Å². The zero-order chi connectivity index (χ0) is 8.73. The lowest BCUT2D eigenvalue weighted by Crippen LogP contribution is -2.70. The van der Waals surface area contributed by atoms with Crippen molar-refractivity contribution in [3.63, 3.8) is 0 Å². The molecule has 3 aliphatic rings. The quantitative estimate of drug-likeness (QED) is 0.589. The van der Waals surface area contributed by atoms with Gasteiger partial charge in [-0.1, -0.05) is 12.8 Å². The summed E-state index contributed by atoms with van der Waals surface area (Å²) in [5, 5.41) is 7.66. The van der Waals surface area contributed by atoms with Crippen molar-refractivity contribution >= 4 is 0 Å². The molecule has 1 saturated heterocycles. The predicted octanol–water partition coefficient (Wildman–Crippen LogP) is 1.41. The average molecular weight is 180 g/mol. The Morgan fingerprint density at radius 1 is 0.923 bits per heavy atom. The lowest BCUT2D eigenvalue weighted by Gasteiger charge is -2.53. The minimum Gasteiger partial charge on any atom is -0.311 e. The van der Waals surface area contributed by atoms with E-state index in [1.807, 2.05) is 0 Å². The van der Waals surface area contributed by atoms with Crippen molar-refractivity contribution in [2.75, 3.05) is 6.54 Å². The molecule has 2 nitrogen and oxygen atoms in total. The van der Waals surface area contributed by atoms with Crippen LogP contribution in [-0.2, 0) is 0 Å². The van der Waals surface area contributed by atoms with E-state index in [0.29, 0.717) is 5.54 Å². The fourth-order valence-corrected chi connectivity index (χ4v) is 3.24. The van der Waals surface area contributed by atoms with Crippen molar-refractivity contribution in [3.05, 3.63) is 0 Å². The van der Waals surface area contributed by atoms with Crippen molar-refractivity contribution in [3.8, 4) is 0 Å². The highest BCUT2D eigenvalue weighted by Crippen LogP contribution is 2.36. The summed E-state index contributed by atoms with van der Waals surface area (Å²) in [6, 6.07) is 1.59. The normalized spacial score (nSPS) is 42.5. The molecule has 2 N–H and O–H groups in total. The maximum absolute atomic E-state index is 3.91. The molecular weight excluding hydrogens is 160 g/mol. The summed E-state index contributed by atoms with van der Waals surface area (Å²) in [7, 11) is 0. The van der Waals surface area contributed by atoms with Crippen LogP contribution in [-0.4, -0.2) is 24.2 Å². The van der Waals surface area contributed by atoms with Gasteiger partial charge in [-0.15, -0.1) is 0 Å². The molecule has 2 atom stereocenters. The zero-order valence-electron chi connectivity index (χ0n) is 8.31. The maximum Gasteiger partial charge on any atom is 0.0309 e. The number of hydrogen-bond donors (Lipinski definition) is 2. The van der Waals surface area contributed by atoms with Gasteiger partial charge in [-0.05, 0) is 32.1 Å². The van der Waals surface area contributed by atoms with Gasteiger partial charge in [0.25, 0.3) is 0 Å². The molecule has 13 heavy (non-hydrogen) atoms. The van der Waals surface area contributed by atoms with Gasteiger partial charge in [0.2, 0.25) is 0 Å². The van der Waals surface area contributed by atoms with Crippen LogP contribution in [0.4, 0.5) is 0 Å². The lowest BCUT2D eigenvalue weighted by atomic mass is 9.72. The van der Waals surface area contributed by atoms with Gasteiger partial charge >= 0.3 is 0 Å². The maximum atomic E-state index is 3.91. The summed E-state index contributed by atoms with van der Waals surface area (Å²) in [6.07, 6.45) is 9.92. The number of nitrogens with one attached hydrogen (secondary N) is 2. The fourth-order valence-electron chi connectivity index (χ4n) is 3.24. The second-order valence-electron chi connectivity index (χ2n) is 5.16. The van der Waals surface area contributed by atoms with Crippen LogP contribution in [0.2, 0.25) is 0 Å². The van der Waals surface area contributed by atoms with Gasteiger partial charge in [-0.3, -0.25) is 0 Å². The smallest absolute Gasteiger partial charge is 0.0309 e. The highest BCUT2D eigenvalue weighted by molar-refractivity contribution is 5.06. The third kappa shape index (κ3) is 1.31. The van der Waals surface area contributed by atoms with Crippen LogP contribution in [0.1, 0.15) is 44.9 Å². The summed E-state index contributed by atoms with van der Waals surface area (Å²) in [4.78, 5) is 0. The summed E-state index contributed by atoms with van der Waals surface area (Å²) in [6.45, 7) is 1.23. The fraction of sp³-hybridized carbons (Fsp3) is 1.00. The van der Waals surface area contributed by atoms with Crippen LogP contribution in [0, 0.1) is 0 Å². The SMILES string of the molecule is C1CC[C@H]2NC3(CCC3)CN[C@@H]2C1. The Labute approximate surface area is 80.5 Å². The molecule has 1 aliphatic heterocycles. The van der Waals surface area contributed by atoms with Crippen LogP contribution >= 0.6 is 0 Å². The van der Waals surface area contributed by atoms with E-state index in [2.05, 4.69) is 10.6 Å². The van der Waals surface area contributed by atoms with Crippen LogP contribution in [0.15, 0.2) is 0 Å². The highest BCUT2D eigenvalue weighted by Gasteiger charge is 2.44. The van der Waals surface area contributed by atoms with Gasteiger partial charge in [0.1, 0.15) is 0 Å². The Bertz CT molecular complexity index is 198. The summed E-state index contributed by atoms with van der Waals surface area (Å²) >= 11 is 0. The summed E-state index contributed by atoms with van der Waals surface area (Å²) in [5.74, 6) is 0. The molecule has 1 heterocycles. The van der Waals surface area contributed by atoms with Gasteiger partial charge in [0.15, 0.2) is 0 Å². The standard InChI is InChI=1S/C11H20N2/c1-2-5-10-9(4-1)12-8-11(13-10)6-3-7-11/h9-10,12-13H,1-8H2/t9-,10-/m1/s1. The average Bonchev–Trinajstić information content (AvgIpc) is 2.15. The Hall–Kier alpha value is -0.0800. The summed E-state index contributed by atoms with van der Waals surface area (Å²) in [5.41, 5.74) is 0.526. The van der Waals surface area contributed by atoms with E-state index in [1.54, 1.807) is 0 Å². The third-order valence-corrected chi connectivity index (χ3v) is 4.27. The molecule has 0 amide bonds. The molecule has 74 valence electrons. The lowest BCUT2D eigenvalue weighted by molar-refractivity contribution is 0.0839. The molecule has 3 rings (SSSR count). The molecule has 2 aliphatic carbocycles. The number of rotatable bonds is 0. The predicted molar refractivity (Wildman–Crippen MR) is 53.8 cm³/mol. The van der Waals surface area contributed by atoms with Crippen LogP contribution in [0.5, 0.6) is 0 Å². The molecule has 0 radical (unpaired) electrons. The van der Waals surface area contributed by atoms with Crippen LogP contribution < -0.4 is 10.6 Å². The molecule has 1 spiro atoms. The first kappa shape index (κ1) is 8.25. The molecule has 0 unspecified atom stereocenters. The van der Waals surface area contributed by atoms with Gasteiger partial charge in [-0.25, -0.2) is 0 Å². The second kappa shape index (κ2) is 2.96. The first-order valence-corrected chi connectivity index (χ1v) is 5.89. The number of piperazine rings is 1. The molecule has 0 aromatic heterocycles. The Morgan fingerprint density at radius 3 is 2.38 bits per heavy atom. The molecule has 2 saturated carbocycles. The molecule has 0 aromatic carbocycles. The minimum absolute atomic E-state index is 0.526. The van der Waals surface area contributed by atoms with E-state index in [4.69, 9.17) is 0 Å². The largest absolute Gasteiger partial charge is 0.311 e. The minimum atomic E-state index is 0.526. The Morgan fingerprint density at radius 2 is 1.69 bits per heavy atom. The van der Waals surface area contributed by atoms with E-state index in [9.17, 15) is 0 Å². The van der Waals surface area contributed by atoms with Crippen molar-refractivity contribution in [2.24, 2.45) is 0 Å². The van der Waals surface area contributed by atoms with E-state index in [0.717, 1.165) is 12.1 Å². The van der Waals surface area contributed by atoms with E-state index < -0.39 is 0 Å². The Balaban J connectivity index is 1.69. The van der Waals surface area contributed by atoms with E-state index >= 15 is 0 Å². The second-order valence-corrected chi connectivity index (χ2v) is 5.16.